The molecule has 0 unspecified atom stereocenters. The van der Waals surface area contributed by atoms with Crippen LogP contribution in [0, 0.1) is 5.82 Å². The van der Waals surface area contributed by atoms with Gasteiger partial charge in [-0.1, -0.05) is 0 Å². The van der Waals surface area contributed by atoms with E-state index in [0.29, 0.717) is 32.8 Å². The topological polar surface area (TPSA) is 87.2 Å². The molecule has 1 N–H and O–H groups in total. The maximum absolute atomic E-state index is 14.0. The van der Waals surface area contributed by atoms with Crippen LogP contribution >= 0.6 is 12.4 Å². The van der Waals surface area contributed by atoms with E-state index in [-0.39, 0.29) is 30.2 Å². The Bertz CT molecular complexity index is 680. The van der Waals surface area contributed by atoms with E-state index in [9.17, 15) is 17.6 Å². The summed E-state index contributed by atoms with van der Waals surface area (Å²) in [5, 5.41) is 9.01. The molecular weight excluding hydrogens is 363 g/mol. The van der Waals surface area contributed by atoms with Crippen molar-refractivity contribution >= 4 is 34.1 Å². The summed E-state index contributed by atoms with van der Waals surface area (Å²) in [5.74, 6) is -2.02. The third kappa shape index (κ3) is 5.30. The minimum absolute atomic E-state index is 0. The van der Waals surface area contributed by atoms with Crippen LogP contribution in [0.3, 0.4) is 0 Å². The molecule has 1 aromatic carbocycles. The van der Waals surface area contributed by atoms with E-state index in [4.69, 9.17) is 9.84 Å². The summed E-state index contributed by atoms with van der Waals surface area (Å²) < 4.78 is 44.2. The number of morpholine rings is 1. The van der Waals surface area contributed by atoms with Crippen LogP contribution in [0.2, 0.25) is 0 Å². The standard InChI is InChI=1S/C14H19FN2O5S.ClH/c1-23(20,21)17(5-4-16-6-8-22-9-7-16)13-10-11(14(18)19)2-3-12(13)15;/h2-3,10H,4-9H2,1H3,(H,18,19);1H. The lowest BCUT2D eigenvalue weighted by molar-refractivity contribution is 0.0395. The van der Waals surface area contributed by atoms with Crippen molar-refractivity contribution in [2.24, 2.45) is 0 Å². The zero-order chi connectivity index (χ0) is 17.0. The maximum atomic E-state index is 14.0. The monoisotopic (exact) mass is 382 g/mol. The van der Waals surface area contributed by atoms with Crippen molar-refractivity contribution in [3.05, 3.63) is 29.6 Å². The minimum Gasteiger partial charge on any atom is -0.478 e. The number of benzene rings is 1. The largest absolute Gasteiger partial charge is 0.478 e. The highest BCUT2D eigenvalue weighted by molar-refractivity contribution is 7.92. The van der Waals surface area contributed by atoms with Gasteiger partial charge in [0.1, 0.15) is 5.82 Å². The number of halogens is 2. The molecule has 0 atom stereocenters. The molecule has 10 heteroatoms. The van der Waals surface area contributed by atoms with Gasteiger partial charge < -0.3 is 9.84 Å². The molecule has 1 aliphatic heterocycles. The van der Waals surface area contributed by atoms with Crippen molar-refractivity contribution < 1.29 is 27.4 Å². The second-order valence-corrected chi connectivity index (χ2v) is 7.17. The fraction of sp³-hybridized carbons (Fsp3) is 0.500. The van der Waals surface area contributed by atoms with Gasteiger partial charge in [0.15, 0.2) is 0 Å². The first-order valence-electron chi connectivity index (χ1n) is 7.09. The van der Waals surface area contributed by atoms with Gasteiger partial charge in [-0.2, -0.15) is 0 Å². The fourth-order valence-corrected chi connectivity index (χ4v) is 3.27. The van der Waals surface area contributed by atoms with Crippen molar-refractivity contribution in [1.82, 2.24) is 4.90 Å². The van der Waals surface area contributed by atoms with Gasteiger partial charge >= 0.3 is 5.97 Å². The highest BCUT2D eigenvalue weighted by atomic mass is 35.5. The molecule has 0 saturated carbocycles. The molecule has 1 fully saturated rings. The third-order valence-electron chi connectivity index (χ3n) is 3.59. The fourth-order valence-electron chi connectivity index (χ4n) is 2.36. The number of rotatable bonds is 6. The zero-order valence-corrected chi connectivity index (χ0v) is 14.8. The van der Waals surface area contributed by atoms with Crippen LogP contribution in [-0.4, -0.2) is 70.0 Å². The summed E-state index contributed by atoms with van der Waals surface area (Å²) in [6.45, 7) is 2.94. The highest BCUT2D eigenvalue weighted by Crippen LogP contribution is 2.23. The Hall–Kier alpha value is -1.42. The van der Waals surface area contributed by atoms with Gasteiger partial charge in [0.25, 0.3) is 0 Å². The van der Waals surface area contributed by atoms with Gasteiger partial charge in [-0.25, -0.2) is 17.6 Å². The molecular formula is C14H20ClFN2O5S. The van der Waals surface area contributed by atoms with E-state index in [0.717, 1.165) is 28.8 Å². The predicted octanol–water partition coefficient (Wildman–Crippen LogP) is 1.04. The van der Waals surface area contributed by atoms with Crippen LogP contribution in [0.1, 0.15) is 10.4 Å². The van der Waals surface area contributed by atoms with Crippen LogP contribution < -0.4 is 4.31 Å². The lowest BCUT2D eigenvalue weighted by Crippen LogP contribution is -2.43. The van der Waals surface area contributed by atoms with Crippen molar-refractivity contribution in [1.29, 1.82) is 0 Å². The van der Waals surface area contributed by atoms with Crippen LogP contribution in [0.25, 0.3) is 0 Å². The number of nitrogens with zero attached hydrogens (tertiary/aromatic N) is 2. The lowest BCUT2D eigenvalue weighted by atomic mass is 10.2. The number of carbonyl (C=O) groups is 1. The molecule has 2 rings (SSSR count). The van der Waals surface area contributed by atoms with Gasteiger partial charge in [0.2, 0.25) is 10.0 Å². The van der Waals surface area contributed by atoms with Crippen LogP contribution in [-0.2, 0) is 14.8 Å². The minimum atomic E-state index is -3.74. The average Bonchev–Trinajstić information content (AvgIpc) is 2.48. The van der Waals surface area contributed by atoms with Gasteiger partial charge in [-0.15, -0.1) is 12.4 Å². The van der Waals surface area contributed by atoms with E-state index >= 15 is 0 Å². The lowest BCUT2D eigenvalue weighted by Gasteiger charge is -2.30. The first-order chi connectivity index (χ1) is 10.8. The molecule has 1 aromatic rings. The van der Waals surface area contributed by atoms with E-state index in [2.05, 4.69) is 0 Å². The van der Waals surface area contributed by atoms with Crippen LogP contribution in [0.4, 0.5) is 10.1 Å². The summed E-state index contributed by atoms with van der Waals surface area (Å²) in [7, 11) is -3.74. The quantitative estimate of drug-likeness (QED) is 0.791. The smallest absolute Gasteiger partial charge is 0.335 e. The summed E-state index contributed by atoms with van der Waals surface area (Å²) in [5.41, 5.74) is -0.415. The van der Waals surface area contributed by atoms with E-state index in [1.165, 1.54) is 0 Å². The van der Waals surface area contributed by atoms with Crippen LogP contribution in [0.5, 0.6) is 0 Å². The third-order valence-corrected chi connectivity index (χ3v) is 4.77. The molecule has 0 aliphatic carbocycles. The van der Waals surface area contributed by atoms with E-state index < -0.39 is 21.8 Å². The Labute approximate surface area is 146 Å². The normalized spacial score (nSPS) is 15.6. The number of carboxylic acid groups (broad SMARTS) is 1. The van der Waals surface area contributed by atoms with Gasteiger partial charge in [0.05, 0.1) is 30.7 Å². The molecule has 136 valence electrons. The molecule has 0 spiro atoms. The Morgan fingerprint density at radius 2 is 2.00 bits per heavy atom. The zero-order valence-electron chi connectivity index (χ0n) is 13.1. The number of sulfonamides is 1. The molecule has 7 nitrogen and oxygen atoms in total. The van der Waals surface area contributed by atoms with Crippen LogP contribution in [0.15, 0.2) is 18.2 Å². The number of aromatic carboxylic acids is 1. The van der Waals surface area contributed by atoms with Crippen molar-refractivity contribution in [2.75, 3.05) is 50.0 Å². The summed E-state index contributed by atoms with van der Waals surface area (Å²) in [6.07, 6.45) is 0.971. The second-order valence-electron chi connectivity index (χ2n) is 5.26. The molecule has 1 saturated heterocycles. The predicted molar refractivity (Wildman–Crippen MR) is 90.1 cm³/mol. The SMILES string of the molecule is CS(=O)(=O)N(CCN1CCOCC1)c1cc(C(=O)O)ccc1F.Cl. The van der Waals surface area contributed by atoms with Gasteiger partial charge in [0, 0.05) is 26.2 Å². The highest BCUT2D eigenvalue weighted by Gasteiger charge is 2.23. The molecule has 0 bridgehead atoms. The van der Waals surface area contributed by atoms with Crippen molar-refractivity contribution in [2.45, 2.75) is 0 Å². The second kappa shape index (κ2) is 8.61. The number of hydrogen-bond acceptors (Lipinski definition) is 5. The number of anilines is 1. The Morgan fingerprint density at radius 1 is 1.38 bits per heavy atom. The first kappa shape index (κ1) is 20.6. The molecule has 0 aromatic heterocycles. The summed E-state index contributed by atoms with van der Waals surface area (Å²) >= 11 is 0. The average molecular weight is 383 g/mol. The number of ether oxygens (including phenoxy) is 1. The van der Waals surface area contributed by atoms with Crippen molar-refractivity contribution in [3.63, 3.8) is 0 Å². The molecule has 0 amide bonds. The maximum Gasteiger partial charge on any atom is 0.335 e. The molecule has 24 heavy (non-hydrogen) atoms. The summed E-state index contributed by atoms with van der Waals surface area (Å²) in [4.78, 5) is 13.0. The number of carboxylic acids is 1. The van der Waals surface area contributed by atoms with E-state index in [1.54, 1.807) is 0 Å². The Balaban J connectivity index is 0.00000288. The van der Waals surface area contributed by atoms with E-state index in [1.807, 2.05) is 4.90 Å². The molecule has 0 radical (unpaired) electrons. The van der Waals surface area contributed by atoms with Gasteiger partial charge in [-0.05, 0) is 18.2 Å². The first-order valence-corrected chi connectivity index (χ1v) is 8.94. The Morgan fingerprint density at radius 3 is 2.54 bits per heavy atom. The Kier molecular flexibility index (Phi) is 7.40. The molecule has 1 heterocycles. The van der Waals surface area contributed by atoms with Gasteiger partial charge in [-0.3, -0.25) is 9.21 Å². The molecule has 1 aliphatic rings. The summed E-state index contributed by atoms with van der Waals surface area (Å²) in [6, 6.07) is 3.10. The number of hydrogen-bond donors (Lipinski definition) is 1. The van der Waals surface area contributed by atoms with Crippen molar-refractivity contribution in [3.8, 4) is 0 Å².